The SMILES string of the molecule is [2H]c1c([2H])c([2H])c(-c2cc3c4c(c2)N(c2ccc(C(C)(C)C)cc2)c2cc5c(cc2B4c2ccc(N(c4ccc(C(C)(C)C)cc4)c4ccccc4-c4ccccc4)cc2N3c2ccc(C(C)(C)C)cc2)-c2ccccc2C52c3ccccc3Oc3ccccc32)c([2H])c1[2H]. The first kappa shape index (κ1) is 49.8. The normalized spacial score (nSPS) is 14.7. The van der Waals surface area contributed by atoms with Gasteiger partial charge in [0.05, 0.1) is 18.0 Å². The first-order chi connectivity index (χ1) is 45.6. The van der Waals surface area contributed by atoms with E-state index < -0.39 is 30.3 Å². The molecule has 0 N–H and O–H groups in total. The molecular formula is C85H72BN3O. The molecule has 12 aromatic rings. The Kier molecular flexibility index (Phi) is 11.3. The molecule has 1 aliphatic carbocycles. The van der Waals surface area contributed by atoms with E-state index in [1.807, 2.05) is 0 Å². The summed E-state index contributed by atoms with van der Waals surface area (Å²) in [5.74, 6) is 1.61. The van der Waals surface area contributed by atoms with Crippen LogP contribution in [0.1, 0.15) is 108 Å². The van der Waals surface area contributed by atoms with E-state index in [1.54, 1.807) is 0 Å². The molecule has 0 saturated carbocycles. The lowest BCUT2D eigenvalue weighted by molar-refractivity contribution is 0.436. The van der Waals surface area contributed by atoms with E-state index >= 15 is 0 Å². The Labute approximate surface area is 538 Å². The summed E-state index contributed by atoms with van der Waals surface area (Å²) >= 11 is 0. The van der Waals surface area contributed by atoms with E-state index in [2.05, 4.69) is 320 Å². The average Bonchev–Trinajstić information content (AvgIpc) is 1.64. The van der Waals surface area contributed by atoms with Gasteiger partial charge in [0.2, 0.25) is 0 Å². The number of para-hydroxylation sites is 3. The molecule has 0 unspecified atom stereocenters. The number of rotatable bonds is 7. The van der Waals surface area contributed by atoms with Gasteiger partial charge < -0.3 is 19.4 Å². The van der Waals surface area contributed by atoms with Crippen molar-refractivity contribution in [3.8, 4) is 44.9 Å². The molecule has 0 aromatic heterocycles. The Balaban J connectivity index is 1.05. The van der Waals surface area contributed by atoms with E-state index in [0.717, 1.165) is 118 Å². The van der Waals surface area contributed by atoms with Crippen LogP contribution < -0.4 is 35.8 Å². The Morgan fingerprint density at radius 3 is 1.44 bits per heavy atom. The van der Waals surface area contributed by atoms with Crippen molar-refractivity contribution in [1.82, 2.24) is 0 Å². The largest absolute Gasteiger partial charge is 0.457 e. The Bertz CT molecular complexity index is 5050. The summed E-state index contributed by atoms with van der Waals surface area (Å²) in [5, 5.41) is 0. The van der Waals surface area contributed by atoms with Crippen LogP contribution in [0.5, 0.6) is 11.5 Å². The predicted molar refractivity (Wildman–Crippen MR) is 379 cm³/mol. The summed E-state index contributed by atoms with van der Waals surface area (Å²) in [6.07, 6.45) is 0. The maximum absolute atomic E-state index is 9.75. The van der Waals surface area contributed by atoms with E-state index in [9.17, 15) is 5.48 Å². The molecule has 0 bridgehead atoms. The van der Waals surface area contributed by atoms with Gasteiger partial charge in [0.1, 0.15) is 11.5 Å². The fourth-order valence-corrected chi connectivity index (χ4v) is 14.8. The number of anilines is 9. The number of fused-ring (bicyclic) bond motifs is 13. The maximum atomic E-state index is 9.75. The van der Waals surface area contributed by atoms with Crippen LogP contribution in [0.25, 0.3) is 33.4 Å². The minimum absolute atomic E-state index is 0.0786. The van der Waals surface area contributed by atoms with E-state index in [4.69, 9.17) is 6.11 Å². The van der Waals surface area contributed by atoms with Gasteiger partial charge in [0.25, 0.3) is 6.71 Å². The summed E-state index contributed by atoms with van der Waals surface area (Å²) in [5.41, 5.74) is 23.5. The zero-order valence-electron chi connectivity index (χ0n) is 57.4. The molecule has 0 saturated heterocycles. The van der Waals surface area contributed by atoms with Crippen LogP contribution in [0.3, 0.4) is 0 Å². The summed E-state index contributed by atoms with van der Waals surface area (Å²) in [6, 6.07) is 86.4. The van der Waals surface area contributed by atoms with Crippen molar-refractivity contribution in [1.29, 1.82) is 0 Å². The highest BCUT2D eigenvalue weighted by Gasteiger charge is 2.53. The van der Waals surface area contributed by atoms with Crippen LogP contribution in [-0.4, -0.2) is 6.71 Å². The average molecular weight is 1170 g/mol. The third-order valence-electron chi connectivity index (χ3n) is 19.3. The molecule has 0 radical (unpaired) electrons. The molecule has 1 spiro atoms. The standard InChI is InChI=1S/C85H72BN3O/c1-82(2,3)58-36-42-61(43-37-58)87(74-33-21-17-28-65(74)56-26-14-11-15-27-56)64-48-49-72-75(52-64)88(62-44-38-59(39-45-62)83(4,5)6)77-50-57(55-24-12-10-13-25-55)51-78-81(77)86(72)73-53-67-66-29-16-18-30-68(66)85(69-31-19-22-34-79(69)90-80-35-23-20-32-70(80)85)71(67)54-76(73)89(78)63-46-40-60(41-47-63)84(7,8)9/h10-54H,1-9H3/i10D,12D,13D,24D,25D. The summed E-state index contributed by atoms with van der Waals surface area (Å²) in [7, 11) is 0. The molecule has 0 fully saturated rings. The van der Waals surface area contributed by atoms with Gasteiger partial charge in [-0.3, -0.25) is 0 Å². The topological polar surface area (TPSA) is 19.0 Å². The minimum Gasteiger partial charge on any atom is -0.457 e. The van der Waals surface area contributed by atoms with Crippen molar-refractivity contribution < 1.29 is 11.6 Å². The molecule has 5 heteroatoms. The van der Waals surface area contributed by atoms with Gasteiger partial charge >= 0.3 is 0 Å². The van der Waals surface area contributed by atoms with Crippen LogP contribution in [0, 0.1) is 0 Å². The highest BCUT2D eigenvalue weighted by atomic mass is 16.5. The van der Waals surface area contributed by atoms with E-state index in [0.29, 0.717) is 5.56 Å². The van der Waals surface area contributed by atoms with E-state index in [1.165, 1.54) is 22.3 Å². The maximum Gasteiger partial charge on any atom is 0.252 e. The smallest absolute Gasteiger partial charge is 0.252 e. The van der Waals surface area contributed by atoms with Gasteiger partial charge in [-0.2, -0.15) is 0 Å². The number of ether oxygens (including phenoxy) is 1. The van der Waals surface area contributed by atoms with Gasteiger partial charge in [-0.1, -0.05) is 250 Å². The minimum atomic E-state index is -0.797. The molecule has 4 nitrogen and oxygen atoms in total. The Morgan fingerprint density at radius 2 is 0.867 bits per heavy atom. The second-order valence-corrected chi connectivity index (χ2v) is 27.7. The second kappa shape index (κ2) is 20.5. The summed E-state index contributed by atoms with van der Waals surface area (Å²) in [6.45, 7) is 19.8. The number of hydrogen-bond acceptors (Lipinski definition) is 4. The Morgan fingerprint density at radius 1 is 0.378 bits per heavy atom. The van der Waals surface area contributed by atoms with Crippen molar-refractivity contribution in [3.63, 3.8) is 0 Å². The first-order valence-electron chi connectivity index (χ1n) is 34.0. The monoisotopic (exact) mass is 1170 g/mol. The van der Waals surface area contributed by atoms with Gasteiger partial charge in [-0.15, -0.1) is 0 Å². The second-order valence-electron chi connectivity index (χ2n) is 27.7. The fraction of sp³-hybridized carbons (Fsp3) is 0.153. The number of nitrogens with zero attached hydrogens (tertiary/aromatic N) is 3. The van der Waals surface area contributed by atoms with E-state index in [-0.39, 0.29) is 33.9 Å². The van der Waals surface area contributed by atoms with Crippen molar-refractivity contribution in [2.75, 3.05) is 14.7 Å². The molecule has 0 amide bonds. The zero-order chi connectivity index (χ0) is 65.8. The molecule has 0 atom stereocenters. The first-order valence-corrected chi connectivity index (χ1v) is 31.5. The molecular weight excluding hydrogens is 1090 g/mol. The highest BCUT2D eigenvalue weighted by molar-refractivity contribution is 7.00. The van der Waals surface area contributed by atoms with Gasteiger partial charge in [0.15, 0.2) is 0 Å². The van der Waals surface area contributed by atoms with Crippen LogP contribution >= 0.6 is 0 Å². The third kappa shape index (κ3) is 8.64. The lowest BCUT2D eigenvalue weighted by Gasteiger charge is -2.45. The Hall–Kier alpha value is -10.1. The highest BCUT2D eigenvalue weighted by Crippen LogP contribution is 2.63. The van der Waals surface area contributed by atoms with Crippen LogP contribution in [0.15, 0.2) is 273 Å². The summed E-state index contributed by atoms with van der Waals surface area (Å²) < 4.78 is 53.7. The molecule has 436 valence electrons. The molecule has 90 heavy (non-hydrogen) atoms. The number of benzene rings is 12. The van der Waals surface area contributed by atoms with Crippen molar-refractivity contribution in [2.45, 2.75) is 84.0 Å². The zero-order valence-corrected chi connectivity index (χ0v) is 52.4. The molecule has 12 aromatic carbocycles. The van der Waals surface area contributed by atoms with Gasteiger partial charge in [-0.25, -0.2) is 0 Å². The summed E-state index contributed by atoms with van der Waals surface area (Å²) in [4.78, 5) is 7.17. The lowest BCUT2D eigenvalue weighted by Crippen LogP contribution is -2.61. The molecule has 16 rings (SSSR count). The molecule has 3 aliphatic heterocycles. The fourth-order valence-electron chi connectivity index (χ4n) is 14.8. The number of hydrogen-bond donors (Lipinski definition) is 0. The van der Waals surface area contributed by atoms with Crippen LogP contribution in [0.2, 0.25) is 0 Å². The third-order valence-corrected chi connectivity index (χ3v) is 19.3. The van der Waals surface area contributed by atoms with Crippen molar-refractivity contribution in [3.05, 3.63) is 312 Å². The van der Waals surface area contributed by atoms with Crippen LogP contribution in [0.4, 0.5) is 51.2 Å². The molecule has 4 aliphatic rings. The molecule has 3 heterocycles. The lowest BCUT2D eigenvalue weighted by atomic mass is 9.33. The quantitative estimate of drug-likeness (QED) is 0.148. The van der Waals surface area contributed by atoms with Gasteiger partial charge in [-0.05, 0) is 173 Å². The van der Waals surface area contributed by atoms with Gasteiger partial charge in [0, 0.05) is 62.2 Å². The van der Waals surface area contributed by atoms with Crippen molar-refractivity contribution >= 4 is 74.3 Å². The van der Waals surface area contributed by atoms with Crippen molar-refractivity contribution in [2.24, 2.45) is 0 Å². The predicted octanol–water partition coefficient (Wildman–Crippen LogP) is 20.9. The van der Waals surface area contributed by atoms with Crippen LogP contribution in [-0.2, 0) is 21.7 Å².